The van der Waals surface area contributed by atoms with E-state index in [-0.39, 0.29) is 0 Å². The zero-order valence-corrected chi connectivity index (χ0v) is 7.04. The molecule has 1 unspecified atom stereocenters. The molecule has 0 aliphatic carbocycles. The molecule has 1 aliphatic rings. The first kappa shape index (κ1) is 6.71. The van der Waals surface area contributed by atoms with Crippen molar-refractivity contribution < 1.29 is 0 Å². The first-order valence-electron chi connectivity index (χ1n) is 4.10. The van der Waals surface area contributed by atoms with E-state index < -0.39 is 0 Å². The van der Waals surface area contributed by atoms with Gasteiger partial charge in [0.05, 0.1) is 0 Å². The van der Waals surface area contributed by atoms with Crippen LogP contribution in [0.3, 0.4) is 0 Å². The summed E-state index contributed by atoms with van der Waals surface area (Å²) in [5.74, 6) is 0. The highest BCUT2D eigenvalue weighted by Gasteiger charge is 2.28. The lowest BCUT2D eigenvalue weighted by Crippen LogP contribution is -1.94. The predicted molar refractivity (Wildman–Crippen MR) is 48.0 cm³/mol. The average molecular weight is 147 g/mol. The second-order valence-electron chi connectivity index (χ2n) is 3.34. The van der Waals surface area contributed by atoms with Gasteiger partial charge in [-0.1, -0.05) is 17.7 Å². The molecule has 58 valence electrons. The van der Waals surface area contributed by atoms with Gasteiger partial charge < -0.3 is 4.90 Å². The molecule has 1 fully saturated rings. The maximum absolute atomic E-state index is 2.39. The highest BCUT2D eigenvalue weighted by atomic mass is 15.3. The lowest BCUT2D eigenvalue weighted by molar-refractivity contribution is 1.14. The molecular formula is C10H13N. The van der Waals surface area contributed by atoms with E-state index in [0.29, 0.717) is 0 Å². The molecule has 1 heteroatoms. The van der Waals surface area contributed by atoms with E-state index in [1.54, 1.807) is 0 Å². The summed E-state index contributed by atoms with van der Waals surface area (Å²) in [7, 11) is 0. The number of hydrogen-bond acceptors (Lipinski definition) is 1. The molecule has 1 aliphatic heterocycles. The SMILES string of the molecule is Cc1ccc(N2CC2C)cc1. The van der Waals surface area contributed by atoms with E-state index >= 15 is 0 Å². The van der Waals surface area contributed by atoms with E-state index in [1.165, 1.54) is 17.8 Å². The van der Waals surface area contributed by atoms with E-state index in [4.69, 9.17) is 0 Å². The van der Waals surface area contributed by atoms with Crippen LogP contribution in [0.2, 0.25) is 0 Å². The summed E-state index contributed by atoms with van der Waals surface area (Å²) < 4.78 is 0. The Morgan fingerprint density at radius 3 is 2.27 bits per heavy atom. The Labute approximate surface area is 67.6 Å². The fraction of sp³-hybridized carbons (Fsp3) is 0.400. The summed E-state index contributed by atoms with van der Waals surface area (Å²) in [6, 6.07) is 9.48. The van der Waals surface area contributed by atoms with E-state index in [1.807, 2.05) is 0 Å². The summed E-state index contributed by atoms with van der Waals surface area (Å²) >= 11 is 0. The van der Waals surface area contributed by atoms with Crippen molar-refractivity contribution in [3.63, 3.8) is 0 Å². The standard InChI is InChI=1S/C10H13N/c1-8-3-5-10(6-4-8)11-7-9(11)2/h3-6,9H,7H2,1-2H3. The Balaban J connectivity index is 2.21. The molecule has 0 spiro atoms. The zero-order chi connectivity index (χ0) is 7.84. The highest BCUT2D eigenvalue weighted by Crippen LogP contribution is 2.26. The molecule has 0 amide bonds. The third-order valence-electron chi connectivity index (χ3n) is 2.23. The van der Waals surface area contributed by atoms with Gasteiger partial charge in [0.2, 0.25) is 0 Å². The summed E-state index contributed by atoms with van der Waals surface area (Å²) in [4.78, 5) is 2.39. The first-order valence-corrected chi connectivity index (χ1v) is 4.10. The lowest BCUT2D eigenvalue weighted by Gasteiger charge is -2.02. The Morgan fingerprint density at radius 1 is 1.27 bits per heavy atom. The molecule has 0 bridgehead atoms. The minimum absolute atomic E-state index is 0.762. The van der Waals surface area contributed by atoms with Gasteiger partial charge in [-0.3, -0.25) is 0 Å². The fourth-order valence-electron chi connectivity index (χ4n) is 1.33. The van der Waals surface area contributed by atoms with Crippen molar-refractivity contribution in [1.29, 1.82) is 0 Å². The second kappa shape index (κ2) is 2.26. The first-order chi connectivity index (χ1) is 5.27. The fourth-order valence-corrected chi connectivity index (χ4v) is 1.33. The molecular weight excluding hydrogens is 134 g/mol. The minimum atomic E-state index is 0.762. The topological polar surface area (TPSA) is 3.01 Å². The third-order valence-corrected chi connectivity index (χ3v) is 2.23. The third kappa shape index (κ3) is 1.23. The molecule has 1 aromatic carbocycles. The van der Waals surface area contributed by atoms with Gasteiger partial charge >= 0.3 is 0 Å². The van der Waals surface area contributed by atoms with Crippen molar-refractivity contribution in [1.82, 2.24) is 0 Å². The van der Waals surface area contributed by atoms with Gasteiger partial charge in [-0.25, -0.2) is 0 Å². The smallest absolute Gasteiger partial charge is 0.0438 e. The van der Waals surface area contributed by atoms with Crippen LogP contribution in [-0.2, 0) is 0 Å². The van der Waals surface area contributed by atoms with Crippen molar-refractivity contribution in [3.8, 4) is 0 Å². The van der Waals surface area contributed by atoms with Crippen LogP contribution in [0.4, 0.5) is 5.69 Å². The van der Waals surface area contributed by atoms with Gasteiger partial charge in [-0.15, -0.1) is 0 Å². The molecule has 0 N–H and O–H groups in total. The maximum Gasteiger partial charge on any atom is 0.0438 e. The van der Waals surface area contributed by atoms with Crippen molar-refractivity contribution >= 4 is 5.69 Å². The maximum atomic E-state index is 2.39. The minimum Gasteiger partial charge on any atom is -0.365 e. The van der Waals surface area contributed by atoms with Gasteiger partial charge in [0, 0.05) is 18.3 Å². The highest BCUT2D eigenvalue weighted by molar-refractivity contribution is 5.53. The number of aryl methyl sites for hydroxylation is 1. The molecule has 1 aromatic rings. The van der Waals surface area contributed by atoms with Crippen molar-refractivity contribution in [2.24, 2.45) is 0 Å². The largest absolute Gasteiger partial charge is 0.365 e. The Bertz CT molecular complexity index is 250. The summed E-state index contributed by atoms with van der Waals surface area (Å²) in [6.45, 7) is 5.60. The quantitative estimate of drug-likeness (QED) is 0.550. The number of benzene rings is 1. The molecule has 1 atom stereocenters. The molecule has 1 saturated heterocycles. The number of anilines is 1. The Morgan fingerprint density at radius 2 is 1.82 bits per heavy atom. The molecule has 1 heterocycles. The van der Waals surface area contributed by atoms with E-state index in [0.717, 1.165) is 6.04 Å². The van der Waals surface area contributed by atoms with Crippen molar-refractivity contribution in [3.05, 3.63) is 29.8 Å². The van der Waals surface area contributed by atoms with Crippen LogP contribution in [-0.4, -0.2) is 12.6 Å². The van der Waals surface area contributed by atoms with Gasteiger partial charge in [0.25, 0.3) is 0 Å². The molecule has 0 radical (unpaired) electrons. The van der Waals surface area contributed by atoms with Crippen molar-refractivity contribution in [2.45, 2.75) is 19.9 Å². The second-order valence-corrected chi connectivity index (χ2v) is 3.34. The van der Waals surface area contributed by atoms with Gasteiger partial charge in [-0.2, -0.15) is 0 Å². The van der Waals surface area contributed by atoms with E-state index in [2.05, 4.69) is 43.0 Å². The molecule has 0 saturated carbocycles. The Kier molecular flexibility index (Phi) is 1.38. The normalized spacial score (nSPS) is 22.0. The number of nitrogens with zero attached hydrogens (tertiary/aromatic N) is 1. The number of rotatable bonds is 1. The average Bonchev–Trinajstić information content (AvgIpc) is 2.69. The molecule has 0 aromatic heterocycles. The predicted octanol–water partition coefficient (Wildman–Crippen LogP) is 2.20. The summed E-state index contributed by atoms with van der Waals surface area (Å²) in [6.07, 6.45) is 0. The van der Waals surface area contributed by atoms with Crippen LogP contribution >= 0.6 is 0 Å². The lowest BCUT2D eigenvalue weighted by atomic mass is 10.2. The van der Waals surface area contributed by atoms with Gasteiger partial charge in [0.1, 0.15) is 0 Å². The molecule has 1 nitrogen and oxygen atoms in total. The molecule has 11 heavy (non-hydrogen) atoms. The summed E-state index contributed by atoms with van der Waals surface area (Å²) in [5.41, 5.74) is 2.70. The van der Waals surface area contributed by atoms with Crippen LogP contribution < -0.4 is 4.90 Å². The van der Waals surface area contributed by atoms with Crippen LogP contribution in [0, 0.1) is 6.92 Å². The number of hydrogen-bond donors (Lipinski definition) is 0. The summed E-state index contributed by atoms with van der Waals surface area (Å²) in [5, 5.41) is 0. The van der Waals surface area contributed by atoms with Crippen LogP contribution in [0.25, 0.3) is 0 Å². The van der Waals surface area contributed by atoms with Crippen LogP contribution in [0.15, 0.2) is 24.3 Å². The monoisotopic (exact) mass is 147 g/mol. The van der Waals surface area contributed by atoms with Crippen molar-refractivity contribution in [2.75, 3.05) is 11.4 Å². The van der Waals surface area contributed by atoms with E-state index in [9.17, 15) is 0 Å². The van der Waals surface area contributed by atoms with Crippen LogP contribution in [0.5, 0.6) is 0 Å². The van der Waals surface area contributed by atoms with Crippen LogP contribution in [0.1, 0.15) is 12.5 Å². The van der Waals surface area contributed by atoms with Gasteiger partial charge in [0.15, 0.2) is 0 Å². The Hall–Kier alpha value is -0.980. The molecule has 2 rings (SSSR count). The zero-order valence-electron chi connectivity index (χ0n) is 7.04. The van der Waals surface area contributed by atoms with Gasteiger partial charge in [-0.05, 0) is 26.0 Å².